The van der Waals surface area contributed by atoms with Crippen molar-refractivity contribution in [2.45, 2.75) is 0 Å². The normalized spacial score (nSPS) is 11.0. The minimum atomic E-state index is -0.488. The monoisotopic (exact) mass is 388 g/mol. The molecule has 27 heavy (non-hydrogen) atoms. The molecule has 0 aliphatic carbocycles. The largest absolute Gasteiger partial charge is 0.493 e. The van der Waals surface area contributed by atoms with Crippen LogP contribution in [0.25, 0.3) is 11.0 Å². The third-order valence-corrected chi connectivity index (χ3v) is 4.04. The van der Waals surface area contributed by atoms with Gasteiger partial charge in [-0.3, -0.25) is 4.79 Å². The molecule has 3 rings (SSSR count). The van der Waals surface area contributed by atoms with Crippen molar-refractivity contribution in [3.63, 3.8) is 0 Å². The summed E-state index contributed by atoms with van der Waals surface area (Å²) in [7, 11) is 4.55. The predicted molar refractivity (Wildman–Crippen MR) is 102 cm³/mol. The summed E-state index contributed by atoms with van der Waals surface area (Å²) in [6, 6.07) is 10.2. The fourth-order valence-corrected chi connectivity index (χ4v) is 2.75. The molecule has 0 fully saturated rings. The number of furan rings is 1. The highest BCUT2D eigenvalue weighted by molar-refractivity contribution is 6.31. The van der Waals surface area contributed by atoms with Crippen LogP contribution >= 0.6 is 11.6 Å². The van der Waals surface area contributed by atoms with Crippen LogP contribution in [-0.4, -0.2) is 33.5 Å². The van der Waals surface area contributed by atoms with Crippen LogP contribution in [0, 0.1) is 0 Å². The van der Waals surface area contributed by atoms with Crippen LogP contribution in [0.1, 0.15) is 16.1 Å². The van der Waals surface area contributed by atoms with E-state index in [9.17, 15) is 4.79 Å². The summed E-state index contributed by atoms with van der Waals surface area (Å²) >= 11 is 5.94. The van der Waals surface area contributed by atoms with E-state index in [0.717, 1.165) is 5.39 Å². The molecule has 8 heteroatoms. The molecule has 0 unspecified atom stereocenters. The van der Waals surface area contributed by atoms with Crippen LogP contribution < -0.4 is 19.6 Å². The smallest absolute Gasteiger partial charge is 0.307 e. The minimum Gasteiger partial charge on any atom is -0.493 e. The molecule has 1 amide bonds. The number of nitrogens with one attached hydrogen (secondary N) is 1. The van der Waals surface area contributed by atoms with Gasteiger partial charge in [-0.05, 0) is 36.4 Å². The number of methoxy groups -OCH3 is 3. The Balaban J connectivity index is 1.79. The Kier molecular flexibility index (Phi) is 5.52. The first kappa shape index (κ1) is 18.6. The first-order valence-corrected chi connectivity index (χ1v) is 8.26. The van der Waals surface area contributed by atoms with Crippen LogP contribution in [0.4, 0.5) is 0 Å². The summed E-state index contributed by atoms with van der Waals surface area (Å²) in [5.74, 6) is 1.04. The number of halogens is 1. The van der Waals surface area contributed by atoms with Gasteiger partial charge in [-0.1, -0.05) is 11.6 Å². The molecular formula is C19H17ClN2O5. The third kappa shape index (κ3) is 3.83. The lowest BCUT2D eigenvalue weighted by molar-refractivity contribution is 0.0929. The first-order valence-electron chi connectivity index (χ1n) is 7.89. The van der Waals surface area contributed by atoms with Crippen LogP contribution in [0.15, 0.2) is 45.9 Å². The zero-order chi connectivity index (χ0) is 19.4. The van der Waals surface area contributed by atoms with E-state index >= 15 is 0 Å². The Morgan fingerprint density at radius 3 is 2.56 bits per heavy atom. The number of nitrogens with zero attached hydrogens (tertiary/aromatic N) is 1. The van der Waals surface area contributed by atoms with Gasteiger partial charge in [-0.15, -0.1) is 0 Å². The number of hydrogen-bond acceptors (Lipinski definition) is 6. The topological polar surface area (TPSA) is 82.3 Å². The molecule has 0 radical (unpaired) electrons. The molecule has 7 nitrogen and oxygen atoms in total. The lowest BCUT2D eigenvalue weighted by Crippen LogP contribution is -2.16. The SMILES string of the molecule is COc1ccc(/C=N/NC(=O)c2cc3cc(Cl)ccc3o2)c(OC)c1OC. The van der Waals surface area contributed by atoms with Crippen molar-refractivity contribution in [3.8, 4) is 17.2 Å². The second-order valence-electron chi connectivity index (χ2n) is 5.42. The number of ether oxygens (including phenoxy) is 3. The lowest BCUT2D eigenvalue weighted by atomic mass is 10.2. The molecule has 2 aromatic carbocycles. The average Bonchev–Trinajstić information content (AvgIpc) is 3.10. The van der Waals surface area contributed by atoms with E-state index in [1.54, 1.807) is 36.4 Å². The number of hydrazone groups is 1. The highest BCUT2D eigenvalue weighted by Gasteiger charge is 2.15. The van der Waals surface area contributed by atoms with Gasteiger partial charge in [0, 0.05) is 16.0 Å². The Hall–Kier alpha value is -3.19. The van der Waals surface area contributed by atoms with Gasteiger partial charge < -0.3 is 18.6 Å². The molecule has 1 heterocycles. The van der Waals surface area contributed by atoms with Crippen molar-refractivity contribution in [1.82, 2.24) is 5.43 Å². The van der Waals surface area contributed by atoms with Gasteiger partial charge in [0.15, 0.2) is 17.3 Å². The third-order valence-electron chi connectivity index (χ3n) is 3.81. The number of carbonyl (C=O) groups excluding carboxylic acids is 1. The molecule has 1 aromatic heterocycles. The number of carbonyl (C=O) groups is 1. The van der Waals surface area contributed by atoms with Crippen molar-refractivity contribution < 1.29 is 23.4 Å². The fraction of sp³-hybridized carbons (Fsp3) is 0.158. The van der Waals surface area contributed by atoms with Crippen molar-refractivity contribution in [3.05, 3.63) is 52.7 Å². The molecular weight excluding hydrogens is 372 g/mol. The number of rotatable bonds is 6. The summed E-state index contributed by atoms with van der Waals surface area (Å²) in [5, 5.41) is 5.26. The lowest BCUT2D eigenvalue weighted by Gasteiger charge is -2.13. The van der Waals surface area contributed by atoms with Gasteiger partial charge in [-0.2, -0.15) is 5.10 Å². The zero-order valence-electron chi connectivity index (χ0n) is 14.9. The standard InChI is InChI=1S/C19H17ClN2O5/c1-24-15-6-4-11(17(25-2)18(15)26-3)10-21-22-19(23)16-9-12-8-13(20)5-7-14(12)27-16/h4-10H,1-3H3,(H,22,23)/b21-10+. The van der Waals surface area contributed by atoms with E-state index in [0.29, 0.717) is 33.4 Å². The molecule has 0 aliphatic rings. The predicted octanol–water partition coefficient (Wildman–Crippen LogP) is 3.88. The van der Waals surface area contributed by atoms with Crippen LogP contribution in [0.3, 0.4) is 0 Å². The number of hydrogen-bond donors (Lipinski definition) is 1. The number of benzene rings is 2. The molecule has 140 valence electrons. The number of amides is 1. The maximum atomic E-state index is 12.2. The van der Waals surface area contributed by atoms with Gasteiger partial charge in [0.25, 0.3) is 0 Å². The van der Waals surface area contributed by atoms with Gasteiger partial charge in [-0.25, -0.2) is 5.43 Å². The van der Waals surface area contributed by atoms with E-state index in [-0.39, 0.29) is 5.76 Å². The molecule has 0 saturated carbocycles. The highest BCUT2D eigenvalue weighted by Crippen LogP contribution is 2.38. The van der Waals surface area contributed by atoms with Crippen molar-refractivity contribution in [2.24, 2.45) is 5.10 Å². The van der Waals surface area contributed by atoms with E-state index in [1.165, 1.54) is 27.5 Å². The Labute approximate surface area is 160 Å². The maximum absolute atomic E-state index is 12.2. The maximum Gasteiger partial charge on any atom is 0.307 e. The Morgan fingerprint density at radius 1 is 1.07 bits per heavy atom. The van der Waals surface area contributed by atoms with E-state index in [2.05, 4.69) is 10.5 Å². The molecule has 1 N–H and O–H groups in total. The van der Waals surface area contributed by atoms with E-state index in [1.807, 2.05) is 0 Å². The summed E-state index contributed by atoms with van der Waals surface area (Å²) < 4.78 is 21.4. The van der Waals surface area contributed by atoms with E-state index < -0.39 is 5.91 Å². The molecule has 0 spiro atoms. The fourth-order valence-electron chi connectivity index (χ4n) is 2.57. The first-order chi connectivity index (χ1) is 13.1. The van der Waals surface area contributed by atoms with Crippen LogP contribution in [-0.2, 0) is 0 Å². The summed E-state index contributed by atoms with van der Waals surface area (Å²) in [6.07, 6.45) is 1.44. The Bertz CT molecular complexity index is 1010. The summed E-state index contributed by atoms with van der Waals surface area (Å²) in [4.78, 5) is 12.2. The van der Waals surface area contributed by atoms with Crippen molar-refractivity contribution in [1.29, 1.82) is 0 Å². The number of fused-ring (bicyclic) bond motifs is 1. The van der Waals surface area contributed by atoms with E-state index in [4.69, 9.17) is 30.2 Å². The van der Waals surface area contributed by atoms with Gasteiger partial charge in [0.2, 0.25) is 5.75 Å². The minimum absolute atomic E-state index is 0.128. The highest BCUT2D eigenvalue weighted by atomic mass is 35.5. The zero-order valence-corrected chi connectivity index (χ0v) is 15.7. The second-order valence-corrected chi connectivity index (χ2v) is 5.85. The summed E-state index contributed by atoms with van der Waals surface area (Å²) in [5.41, 5.74) is 3.59. The van der Waals surface area contributed by atoms with Crippen LogP contribution in [0.2, 0.25) is 5.02 Å². The Morgan fingerprint density at radius 2 is 1.85 bits per heavy atom. The second kappa shape index (κ2) is 8.01. The van der Waals surface area contributed by atoms with Crippen molar-refractivity contribution >= 4 is 34.7 Å². The van der Waals surface area contributed by atoms with Gasteiger partial charge >= 0.3 is 5.91 Å². The van der Waals surface area contributed by atoms with Gasteiger partial charge in [0.05, 0.1) is 27.5 Å². The molecule has 0 bridgehead atoms. The quantitative estimate of drug-likeness (QED) is 0.512. The molecule has 0 aliphatic heterocycles. The summed E-state index contributed by atoms with van der Waals surface area (Å²) in [6.45, 7) is 0. The molecule has 3 aromatic rings. The molecule has 0 atom stereocenters. The van der Waals surface area contributed by atoms with Crippen LogP contribution in [0.5, 0.6) is 17.2 Å². The average molecular weight is 389 g/mol. The van der Waals surface area contributed by atoms with Crippen molar-refractivity contribution in [2.75, 3.05) is 21.3 Å². The van der Waals surface area contributed by atoms with Gasteiger partial charge in [0.1, 0.15) is 5.58 Å². The molecule has 0 saturated heterocycles.